The molecule has 0 aliphatic heterocycles. The number of carbonyl (C=O) groups is 1. The third kappa shape index (κ3) is 3.35. The summed E-state index contributed by atoms with van der Waals surface area (Å²) >= 11 is 0. The smallest absolute Gasteiger partial charge is 0.318 e. The van der Waals surface area contributed by atoms with Crippen LogP contribution in [0.4, 0.5) is 0 Å². The van der Waals surface area contributed by atoms with Gasteiger partial charge in [-0.2, -0.15) is 0 Å². The fraction of sp³-hybridized carbons (Fsp3) is 0.188. The molecule has 0 radical (unpaired) electrons. The lowest BCUT2D eigenvalue weighted by atomic mass is 10.0. The summed E-state index contributed by atoms with van der Waals surface area (Å²) in [5.74, 6) is 0.580. The minimum absolute atomic E-state index is 0.278. The van der Waals surface area contributed by atoms with Crippen molar-refractivity contribution >= 4 is 5.97 Å². The first-order valence-electron chi connectivity index (χ1n) is 6.11. The number of hydrogen-bond donors (Lipinski definition) is 0. The zero-order valence-electron chi connectivity index (χ0n) is 11.0. The van der Waals surface area contributed by atoms with Gasteiger partial charge in [0.25, 0.3) is 0 Å². The molecule has 3 nitrogen and oxygen atoms in total. The van der Waals surface area contributed by atoms with E-state index < -0.39 is 0 Å². The number of esters is 1. The van der Waals surface area contributed by atoms with Crippen LogP contribution in [0.2, 0.25) is 0 Å². The number of benzene rings is 2. The van der Waals surface area contributed by atoms with Gasteiger partial charge in [0.2, 0.25) is 0 Å². The van der Waals surface area contributed by atoms with Crippen LogP contribution in [-0.2, 0) is 4.79 Å². The van der Waals surface area contributed by atoms with Gasteiger partial charge < -0.3 is 9.47 Å². The highest BCUT2D eigenvalue weighted by molar-refractivity contribution is 5.79. The normalized spacial score (nSPS) is 11.7. The number of rotatable bonds is 4. The molecule has 0 aliphatic rings. The highest BCUT2D eigenvalue weighted by atomic mass is 16.5. The topological polar surface area (TPSA) is 35.5 Å². The van der Waals surface area contributed by atoms with Gasteiger partial charge in [-0.3, -0.25) is 4.79 Å². The van der Waals surface area contributed by atoms with Crippen molar-refractivity contribution in [3.63, 3.8) is 0 Å². The van der Waals surface area contributed by atoms with Crippen LogP contribution in [0.5, 0.6) is 11.5 Å². The second-order valence-corrected chi connectivity index (χ2v) is 4.23. The summed E-state index contributed by atoms with van der Waals surface area (Å²) in [6.07, 6.45) is 0. The molecule has 0 fully saturated rings. The fourth-order valence-corrected chi connectivity index (χ4v) is 1.75. The van der Waals surface area contributed by atoms with Crippen molar-refractivity contribution in [2.75, 3.05) is 7.11 Å². The SMILES string of the molecule is COc1cccc(OC(=O)[C@H](C)c2ccccc2)c1. The maximum absolute atomic E-state index is 12.0. The molecule has 98 valence electrons. The molecule has 3 heteroatoms. The van der Waals surface area contributed by atoms with Gasteiger partial charge in [-0.15, -0.1) is 0 Å². The highest BCUT2D eigenvalue weighted by Crippen LogP contribution is 2.22. The summed E-state index contributed by atoms with van der Waals surface area (Å²) in [6.45, 7) is 1.83. The predicted molar refractivity (Wildman–Crippen MR) is 73.5 cm³/mol. The standard InChI is InChI=1S/C16H16O3/c1-12(13-7-4-3-5-8-13)16(17)19-15-10-6-9-14(11-15)18-2/h3-12H,1-2H3/t12-/m1/s1. The molecule has 0 saturated heterocycles. The number of carbonyl (C=O) groups excluding carboxylic acids is 1. The molecule has 2 rings (SSSR count). The van der Waals surface area contributed by atoms with Crippen molar-refractivity contribution in [2.45, 2.75) is 12.8 Å². The van der Waals surface area contributed by atoms with Crippen LogP contribution in [0.1, 0.15) is 18.4 Å². The van der Waals surface area contributed by atoms with Crippen molar-refractivity contribution in [3.8, 4) is 11.5 Å². The first kappa shape index (κ1) is 13.1. The Labute approximate surface area is 112 Å². The van der Waals surface area contributed by atoms with Gasteiger partial charge in [0.05, 0.1) is 13.0 Å². The third-order valence-corrected chi connectivity index (χ3v) is 2.91. The Bertz CT molecular complexity index is 549. The molecule has 2 aromatic carbocycles. The number of hydrogen-bond acceptors (Lipinski definition) is 3. The van der Waals surface area contributed by atoms with Crippen LogP contribution in [0.15, 0.2) is 54.6 Å². The maximum Gasteiger partial charge on any atom is 0.318 e. The molecule has 0 spiro atoms. The van der Waals surface area contributed by atoms with E-state index >= 15 is 0 Å². The zero-order valence-corrected chi connectivity index (χ0v) is 11.0. The average Bonchev–Trinajstić information content (AvgIpc) is 2.47. The Morgan fingerprint density at radius 3 is 2.37 bits per heavy atom. The van der Waals surface area contributed by atoms with E-state index in [-0.39, 0.29) is 11.9 Å². The van der Waals surface area contributed by atoms with E-state index in [0.717, 1.165) is 5.56 Å². The van der Waals surface area contributed by atoms with Crippen molar-refractivity contribution < 1.29 is 14.3 Å². The van der Waals surface area contributed by atoms with E-state index in [1.807, 2.05) is 37.3 Å². The van der Waals surface area contributed by atoms with Crippen LogP contribution in [0.25, 0.3) is 0 Å². The maximum atomic E-state index is 12.0. The molecule has 0 aromatic heterocycles. The lowest BCUT2D eigenvalue weighted by Crippen LogP contribution is -2.16. The highest BCUT2D eigenvalue weighted by Gasteiger charge is 2.17. The van der Waals surface area contributed by atoms with Crippen LogP contribution in [0, 0.1) is 0 Å². The van der Waals surface area contributed by atoms with E-state index in [9.17, 15) is 4.79 Å². The number of methoxy groups -OCH3 is 1. The summed E-state index contributed by atoms with van der Waals surface area (Å²) in [7, 11) is 1.58. The van der Waals surface area contributed by atoms with Gasteiger partial charge in [-0.1, -0.05) is 36.4 Å². The van der Waals surface area contributed by atoms with Crippen molar-refractivity contribution in [3.05, 3.63) is 60.2 Å². The monoisotopic (exact) mass is 256 g/mol. The van der Waals surface area contributed by atoms with Gasteiger partial charge in [0.1, 0.15) is 11.5 Å². The molecule has 1 atom stereocenters. The molecule has 0 heterocycles. The van der Waals surface area contributed by atoms with E-state index in [1.165, 1.54) is 0 Å². The first-order chi connectivity index (χ1) is 9.20. The summed E-state index contributed by atoms with van der Waals surface area (Å²) in [5.41, 5.74) is 0.940. The Morgan fingerprint density at radius 2 is 1.68 bits per heavy atom. The van der Waals surface area contributed by atoms with Crippen molar-refractivity contribution in [1.29, 1.82) is 0 Å². The van der Waals surface area contributed by atoms with Gasteiger partial charge in [0.15, 0.2) is 0 Å². The van der Waals surface area contributed by atoms with Crippen molar-refractivity contribution in [1.82, 2.24) is 0 Å². The first-order valence-corrected chi connectivity index (χ1v) is 6.11. The third-order valence-electron chi connectivity index (χ3n) is 2.91. The molecule has 0 bridgehead atoms. The lowest BCUT2D eigenvalue weighted by Gasteiger charge is -2.12. The Kier molecular flexibility index (Phi) is 4.18. The van der Waals surface area contributed by atoms with Crippen molar-refractivity contribution in [2.24, 2.45) is 0 Å². The predicted octanol–water partition coefficient (Wildman–Crippen LogP) is 3.40. The van der Waals surface area contributed by atoms with Crippen LogP contribution < -0.4 is 9.47 Å². The van der Waals surface area contributed by atoms with E-state index in [2.05, 4.69) is 0 Å². The Hall–Kier alpha value is -2.29. The minimum Gasteiger partial charge on any atom is -0.497 e. The van der Waals surface area contributed by atoms with Crippen LogP contribution >= 0.6 is 0 Å². The van der Waals surface area contributed by atoms with E-state index in [0.29, 0.717) is 11.5 Å². The average molecular weight is 256 g/mol. The molecular weight excluding hydrogens is 240 g/mol. The molecule has 0 amide bonds. The van der Waals surface area contributed by atoms with E-state index in [4.69, 9.17) is 9.47 Å². The molecule has 19 heavy (non-hydrogen) atoms. The molecular formula is C16H16O3. The van der Waals surface area contributed by atoms with Gasteiger partial charge in [-0.05, 0) is 24.6 Å². The van der Waals surface area contributed by atoms with Gasteiger partial charge >= 0.3 is 5.97 Å². The van der Waals surface area contributed by atoms with Crippen LogP contribution in [-0.4, -0.2) is 13.1 Å². The Morgan fingerprint density at radius 1 is 1.00 bits per heavy atom. The van der Waals surface area contributed by atoms with Gasteiger partial charge in [-0.25, -0.2) is 0 Å². The molecule has 0 aliphatic carbocycles. The fourth-order valence-electron chi connectivity index (χ4n) is 1.75. The zero-order chi connectivity index (χ0) is 13.7. The summed E-state index contributed by atoms with van der Waals surface area (Å²) in [4.78, 5) is 12.0. The summed E-state index contributed by atoms with van der Waals surface area (Å²) < 4.78 is 10.4. The molecule has 0 unspecified atom stereocenters. The minimum atomic E-state index is -0.299. The quantitative estimate of drug-likeness (QED) is 0.621. The molecule has 0 saturated carbocycles. The van der Waals surface area contributed by atoms with E-state index in [1.54, 1.807) is 31.4 Å². The lowest BCUT2D eigenvalue weighted by molar-refractivity contribution is -0.135. The molecule has 0 N–H and O–H groups in total. The summed E-state index contributed by atoms with van der Waals surface area (Å²) in [6, 6.07) is 16.6. The second-order valence-electron chi connectivity index (χ2n) is 4.23. The Balaban J connectivity index is 2.08. The van der Waals surface area contributed by atoms with Gasteiger partial charge in [0, 0.05) is 6.07 Å². The summed E-state index contributed by atoms with van der Waals surface area (Å²) in [5, 5.41) is 0. The molecule has 2 aromatic rings. The number of ether oxygens (including phenoxy) is 2. The second kappa shape index (κ2) is 6.05. The largest absolute Gasteiger partial charge is 0.497 e. The van der Waals surface area contributed by atoms with Crippen LogP contribution in [0.3, 0.4) is 0 Å².